The molecule has 2 fully saturated rings. The first-order valence-electron chi connectivity index (χ1n) is 8.52. The van der Waals surface area contributed by atoms with Gasteiger partial charge in [0.15, 0.2) is 0 Å². The van der Waals surface area contributed by atoms with Crippen LogP contribution in [0, 0.1) is 0 Å². The van der Waals surface area contributed by atoms with Crippen molar-refractivity contribution in [1.82, 2.24) is 15.2 Å². The molecule has 1 aromatic heterocycles. The van der Waals surface area contributed by atoms with Gasteiger partial charge in [-0.1, -0.05) is 25.8 Å². The molecule has 0 aromatic carbocycles. The van der Waals surface area contributed by atoms with Crippen LogP contribution in [0.1, 0.15) is 38.2 Å². The van der Waals surface area contributed by atoms with Gasteiger partial charge in [0.2, 0.25) is 0 Å². The number of hydrogen-bond donors (Lipinski definition) is 1. The minimum atomic E-state index is 0.858. The lowest BCUT2D eigenvalue weighted by Gasteiger charge is -2.39. The van der Waals surface area contributed by atoms with Crippen molar-refractivity contribution in [3.8, 4) is 0 Å². The molecule has 1 saturated carbocycles. The summed E-state index contributed by atoms with van der Waals surface area (Å²) in [6.45, 7) is 8.70. The van der Waals surface area contributed by atoms with Gasteiger partial charge in [-0.3, -0.25) is 4.90 Å². The van der Waals surface area contributed by atoms with Crippen LogP contribution in [0.4, 0.5) is 5.82 Å². The Hall–Kier alpha value is -1.13. The quantitative estimate of drug-likeness (QED) is 0.900. The zero-order chi connectivity index (χ0) is 14.5. The van der Waals surface area contributed by atoms with Crippen molar-refractivity contribution in [1.29, 1.82) is 0 Å². The maximum atomic E-state index is 4.65. The number of hydrogen-bond acceptors (Lipinski definition) is 4. The minimum Gasteiger partial charge on any atom is -0.354 e. The van der Waals surface area contributed by atoms with Crippen molar-refractivity contribution in [2.24, 2.45) is 0 Å². The van der Waals surface area contributed by atoms with E-state index in [4.69, 9.17) is 0 Å². The van der Waals surface area contributed by atoms with Crippen LogP contribution in [0.3, 0.4) is 0 Å². The van der Waals surface area contributed by atoms with E-state index in [0.29, 0.717) is 0 Å². The highest BCUT2D eigenvalue weighted by atomic mass is 15.3. The molecule has 0 spiro atoms. The van der Waals surface area contributed by atoms with E-state index in [0.717, 1.165) is 32.2 Å². The first-order valence-corrected chi connectivity index (χ1v) is 8.52. The Morgan fingerprint density at radius 1 is 1.19 bits per heavy atom. The highest BCUT2D eigenvalue weighted by molar-refractivity contribution is 5.47. The van der Waals surface area contributed by atoms with Gasteiger partial charge in [-0.2, -0.15) is 0 Å². The van der Waals surface area contributed by atoms with E-state index in [9.17, 15) is 0 Å². The fourth-order valence-electron chi connectivity index (χ4n) is 3.68. The summed E-state index contributed by atoms with van der Waals surface area (Å²) in [6, 6.07) is 5.11. The van der Waals surface area contributed by atoms with E-state index < -0.39 is 0 Å². The van der Waals surface area contributed by atoms with Crippen molar-refractivity contribution >= 4 is 5.82 Å². The molecule has 0 radical (unpaired) electrons. The third-order valence-electron chi connectivity index (χ3n) is 4.89. The van der Waals surface area contributed by atoms with Crippen LogP contribution >= 0.6 is 0 Å². The minimum absolute atomic E-state index is 0.858. The lowest BCUT2D eigenvalue weighted by molar-refractivity contribution is 0.187. The van der Waals surface area contributed by atoms with Gasteiger partial charge >= 0.3 is 0 Å². The fourth-order valence-corrected chi connectivity index (χ4v) is 3.68. The zero-order valence-electron chi connectivity index (χ0n) is 13.2. The van der Waals surface area contributed by atoms with Gasteiger partial charge in [0.25, 0.3) is 0 Å². The van der Waals surface area contributed by atoms with Gasteiger partial charge in [-0.25, -0.2) is 4.98 Å². The summed E-state index contributed by atoms with van der Waals surface area (Å²) in [6.07, 6.45) is 7.61. The van der Waals surface area contributed by atoms with Crippen LogP contribution in [-0.2, 0) is 6.54 Å². The summed E-state index contributed by atoms with van der Waals surface area (Å²) < 4.78 is 0. The Labute approximate surface area is 128 Å². The topological polar surface area (TPSA) is 31.4 Å². The molecule has 0 unspecified atom stereocenters. The number of aromatic nitrogens is 1. The van der Waals surface area contributed by atoms with Gasteiger partial charge in [0.05, 0.1) is 0 Å². The fraction of sp³-hybridized carbons (Fsp3) is 0.706. The Bertz CT molecular complexity index is 434. The molecule has 1 saturated heterocycles. The third kappa shape index (κ3) is 3.55. The summed E-state index contributed by atoms with van der Waals surface area (Å²) >= 11 is 0. The van der Waals surface area contributed by atoms with Gasteiger partial charge < -0.3 is 10.2 Å². The molecule has 4 heteroatoms. The summed E-state index contributed by atoms with van der Waals surface area (Å²) in [7, 11) is 0. The van der Waals surface area contributed by atoms with Crippen LogP contribution in [0.2, 0.25) is 0 Å². The molecule has 0 bridgehead atoms. The molecule has 0 amide bonds. The lowest BCUT2D eigenvalue weighted by Crippen LogP contribution is -2.50. The number of rotatable bonds is 5. The number of anilines is 1. The molecule has 0 atom stereocenters. The largest absolute Gasteiger partial charge is 0.354 e. The molecule has 1 aromatic rings. The molecule has 3 rings (SSSR count). The Morgan fingerprint density at radius 2 is 1.95 bits per heavy atom. The number of piperazine rings is 1. The summed E-state index contributed by atoms with van der Waals surface area (Å²) in [4.78, 5) is 9.82. The molecule has 4 nitrogen and oxygen atoms in total. The lowest BCUT2D eigenvalue weighted by atomic mass is 10.1. The molecule has 2 aliphatic rings. The van der Waals surface area contributed by atoms with E-state index in [1.807, 2.05) is 12.3 Å². The molecular formula is C17H28N4. The number of pyridine rings is 1. The monoisotopic (exact) mass is 288 g/mol. The second-order valence-electron chi connectivity index (χ2n) is 6.23. The highest BCUT2D eigenvalue weighted by Gasteiger charge is 2.27. The average Bonchev–Trinajstić information content (AvgIpc) is 3.08. The van der Waals surface area contributed by atoms with E-state index in [1.54, 1.807) is 0 Å². The number of nitrogens with zero attached hydrogens (tertiary/aromatic N) is 3. The maximum absolute atomic E-state index is 4.65. The van der Waals surface area contributed by atoms with Crippen LogP contribution in [0.25, 0.3) is 0 Å². The second kappa shape index (κ2) is 7.23. The standard InChI is InChI=1S/C17H28N4/c1-2-18-14-15-6-5-9-19-17(15)21-12-10-20(11-13-21)16-7-3-4-8-16/h5-6,9,16,18H,2-4,7-8,10-14H2,1H3. The van der Waals surface area contributed by atoms with Crippen LogP contribution in [-0.4, -0.2) is 48.6 Å². The van der Waals surface area contributed by atoms with Crippen LogP contribution < -0.4 is 10.2 Å². The van der Waals surface area contributed by atoms with Crippen LogP contribution in [0.15, 0.2) is 18.3 Å². The van der Waals surface area contributed by atoms with Gasteiger partial charge in [-0.05, 0) is 25.5 Å². The SMILES string of the molecule is CCNCc1cccnc1N1CCN(C2CCCC2)CC1. The Kier molecular flexibility index (Phi) is 5.09. The predicted molar refractivity (Wildman–Crippen MR) is 87.7 cm³/mol. The molecule has 1 N–H and O–H groups in total. The van der Waals surface area contributed by atoms with Crippen LogP contribution in [0.5, 0.6) is 0 Å². The first kappa shape index (κ1) is 14.8. The first-order chi connectivity index (χ1) is 10.4. The van der Waals surface area contributed by atoms with Crippen molar-refractivity contribution in [3.05, 3.63) is 23.9 Å². The van der Waals surface area contributed by atoms with E-state index >= 15 is 0 Å². The average molecular weight is 288 g/mol. The molecule has 116 valence electrons. The maximum Gasteiger partial charge on any atom is 0.133 e. The molecular weight excluding hydrogens is 260 g/mol. The van der Waals surface area contributed by atoms with Crippen molar-refractivity contribution < 1.29 is 0 Å². The van der Waals surface area contributed by atoms with Gasteiger partial charge in [-0.15, -0.1) is 0 Å². The van der Waals surface area contributed by atoms with Gasteiger partial charge in [0, 0.05) is 50.5 Å². The van der Waals surface area contributed by atoms with Gasteiger partial charge in [0.1, 0.15) is 5.82 Å². The normalized spacial score (nSPS) is 21.1. The molecule has 1 aliphatic carbocycles. The Balaban J connectivity index is 1.61. The van der Waals surface area contributed by atoms with E-state index in [-0.39, 0.29) is 0 Å². The zero-order valence-corrected chi connectivity index (χ0v) is 13.2. The van der Waals surface area contributed by atoms with E-state index in [1.165, 1.54) is 50.2 Å². The highest BCUT2D eigenvalue weighted by Crippen LogP contribution is 2.26. The second-order valence-corrected chi connectivity index (χ2v) is 6.23. The van der Waals surface area contributed by atoms with E-state index in [2.05, 4.69) is 33.1 Å². The van der Waals surface area contributed by atoms with Crippen molar-refractivity contribution in [3.63, 3.8) is 0 Å². The van der Waals surface area contributed by atoms with Crippen molar-refractivity contribution in [2.45, 2.75) is 45.2 Å². The smallest absolute Gasteiger partial charge is 0.133 e. The summed E-state index contributed by atoms with van der Waals surface area (Å²) in [5.41, 5.74) is 1.33. The van der Waals surface area contributed by atoms with Crippen molar-refractivity contribution in [2.75, 3.05) is 37.6 Å². The predicted octanol–water partition coefficient (Wildman–Crippen LogP) is 2.26. The summed E-state index contributed by atoms with van der Waals surface area (Å²) in [5, 5.41) is 3.42. The molecule has 1 aliphatic heterocycles. The third-order valence-corrected chi connectivity index (χ3v) is 4.89. The summed E-state index contributed by atoms with van der Waals surface area (Å²) in [5.74, 6) is 1.18. The molecule has 2 heterocycles. The number of nitrogens with one attached hydrogen (secondary N) is 1. The molecule has 21 heavy (non-hydrogen) atoms. The Morgan fingerprint density at radius 3 is 2.67 bits per heavy atom.